The van der Waals surface area contributed by atoms with Crippen molar-refractivity contribution in [2.75, 3.05) is 11.5 Å². The van der Waals surface area contributed by atoms with Crippen LogP contribution in [0.4, 0.5) is 11.4 Å². The van der Waals surface area contributed by atoms with Gasteiger partial charge in [0.25, 0.3) is 0 Å². The molecule has 0 unspecified atom stereocenters. The van der Waals surface area contributed by atoms with Gasteiger partial charge in [-0.15, -0.1) is 0 Å². The van der Waals surface area contributed by atoms with Crippen LogP contribution in [0.3, 0.4) is 0 Å². The van der Waals surface area contributed by atoms with Crippen molar-refractivity contribution < 1.29 is 0 Å². The zero-order valence-corrected chi connectivity index (χ0v) is 7.25. The monoisotopic (exact) mass is 165 g/mol. The molecule has 6 N–H and O–H groups in total. The smallest absolute Gasteiger partial charge is 0.0363 e. The van der Waals surface area contributed by atoms with Gasteiger partial charge in [0, 0.05) is 17.4 Å². The molecule has 0 aromatic heterocycles. The molecule has 0 heterocycles. The van der Waals surface area contributed by atoms with Crippen molar-refractivity contribution in [3.63, 3.8) is 0 Å². The molecular formula is C9H15N3. The minimum atomic E-state index is -0.00602. The Morgan fingerprint density at radius 1 is 1.33 bits per heavy atom. The zero-order valence-electron chi connectivity index (χ0n) is 7.25. The van der Waals surface area contributed by atoms with Crippen LogP contribution in [-0.4, -0.2) is 0 Å². The van der Waals surface area contributed by atoms with Crippen LogP contribution >= 0.6 is 0 Å². The third-order valence-electron chi connectivity index (χ3n) is 1.95. The quantitative estimate of drug-likeness (QED) is 0.577. The topological polar surface area (TPSA) is 78.1 Å². The van der Waals surface area contributed by atoms with Gasteiger partial charge in [-0.2, -0.15) is 0 Å². The molecule has 1 aromatic carbocycles. The van der Waals surface area contributed by atoms with Crippen LogP contribution in [0.15, 0.2) is 18.2 Å². The van der Waals surface area contributed by atoms with Gasteiger partial charge in [0.05, 0.1) is 0 Å². The lowest BCUT2D eigenvalue weighted by atomic mass is 10.0. The number of hydrogen-bond acceptors (Lipinski definition) is 3. The van der Waals surface area contributed by atoms with Crippen LogP contribution in [0.5, 0.6) is 0 Å². The summed E-state index contributed by atoms with van der Waals surface area (Å²) in [6, 6.07) is 5.40. The van der Waals surface area contributed by atoms with Crippen LogP contribution in [0.1, 0.15) is 24.9 Å². The van der Waals surface area contributed by atoms with Crippen molar-refractivity contribution in [3.8, 4) is 0 Å². The van der Waals surface area contributed by atoms with E-state index in [2.05, 4.69) is 0 Å². The van der Waals surface area contributed by atoms with Crippen molar-refractivity contribution in [2.24, 2.45) is 5.73 Å². The first-order valence-corrected chi connectivity index (χ1v) is 4.05. The maximum atomic E-state index is 5.83. The lowest BCUT2D eigenvalue weighted by molar-refractivity contribution is 0.701. The lowest BCUT2D eigenvalue weighted by Crippen LogP contribution is -2.11. The van der Waals surface area contributed by atoms with E-state index in [0.29, 0.717) is 5.69 Å². The van der Waals surface area contributed by atoms with Gasteiger partial charge >= 0.3 is 0 Å². The van der Waals surface area contributed by atoms with E-state index in [1.54, 1.807) is 12.1 Å². The fourth-order valence-corrected chi connectivity index (χ4v) is 1.13. The number of rotatable bonds is 2. The van der Waals surface area contributed by atoms with Gasteiger partial charge in [-0.25, -0.2) is 0 Å². The fourth-order valence-electron chi connectivity index (χ4n) is 1.13. The summed E-state index contributed by atoms with van der Waals surface area (Å²) in [5.74, 6) is 0. The first-order chi connectivity index (χ1) is 5.65. The highest BCUT2D eigenvalue weighted by Gasteiger charge is 2.06. The van der Waals surface area contributed by atoms with Crippen LogP contribution in [0.25, 0.3) is 0 Å². The summed E-state index contributed by atoms with van der Waals surface area (Å²) in [7, 11) is 0. The molecular weight excluding hydrogens is 150 g/mol. The van der Waals surface area contributed by atoms with Gasteiger partial charge in [0.1, 0.15) is 0 Å². The molecule has 0 aliphatic rings. The van der Waals surface area contributed by atoms with E-state index in [1.807, 2.05) is 13.0 Å². The molecule has 1 aromatic rings. The van der Waals surface area contributed by atoms with Crippen LogP contribution in [0.2, 0.25) is 0 Å². The SMILES string of the molecule is CC[C@@H](N)c1cc(N)ccc1N. The zero-order chi connectivity index (χ0) is 9.14. The van der Waals surface area contributed by atoms with E-state index in [1.165, 1.54) is 0 Å². The average molecular weight is 165 g/mol. The third-order valence-corrected chi connectivity index (χ3v) is 1.95. The highest BCUT2D eigenvalue weighted by Crippen LogP contribution is 2.22. The van der Waals surface area contributed by atoms with Crippen molar-refractivity contribution in [3.05, 3.63) is 23.8 Å². The molecule has 0 fully saturated rings. The molecule has 0 spiro atoms. The maximum Gasteiger partial charge on any atom is 0.0363 e. The summed E-state index contributed by atoms with van der Waals surface area (Å²) >= 11 is 0. The predicted molar refractivity (Wildman–Crippen MR) is 52.5 cm³/mol. The van der Waals surface area contributed by atoms with E-state index < -0.39 is 0 Å². The molecule has 66 valence electrons. The highest BCUT2D eigenvalue weighted by atomic mass is 14.7. The molecule has 12 heavy (non-hydrogen) atoms. The number of nitrogen functional groups attached to an aromatic ring is 2. The first kappa shape index (κ1) is 8.87. The second kappa shape index (κ2) is 3.45. The number of nitrogens with two attached hydrogens (primary N) is 3. The third kappa shape index (κ3) is 1.68. The van der Waals surface area contributed by atoms with Crippen LogP contribution < -0.4 is 17.2 Å². The molecule has 0 aliphatic carbocycles. The molecule has 3 nitrogen and oxygen atoms in total. The van der Waals surface area contributed by atoms with Gasteiger partial charge in [-0.1, -0.05) is 6.92 Å². The van der Waals surface area contributed by atoms with E-state index in [9.17, 15) is 0 Å². The second-order valence-electron chi connectivity index (χ2n) is 2.90. The van der Waals surface area contributed by atoms with E-state index in [0.717, 1.165) is 17.7 Å². The Morgan fingerprint density at radius 2 is 2.00 bits per heavy atom. The molecule has 0 radical (unpaired) electrons. The fraction of sp³-hybridized carbons (Fsp3) is 0.333. The normalized spacial score (nSPS) is 12.8. The molecule has 0 saturated heterocycles. The minimum Gasteiger partial charge on any atom is -0.399 e. The van der Waals surface area contributed by atoms with Gasteiger partial charge in [0.2, 0.25) is 0 Å². The summed E-state index contributed by atoms with van der Waals surface area (Å²) in [5.41, 5.74) is 19.5. The summed E-state index contributed by atoms with van der Waals surface area (Å²) in [5, 5.41) is 0. The molecule has 1 atom stereocenters. The summed E-state index contributed by atoms with van der Waals surface area (Å²) < 4.78 is 0. The summed E-state index contributed by atoms with van der Waals surface area (Å²) in [6.07, 6.45) is 0.869. The van der Waals surface area contributed by atoms with Crippen molar-refractivity contribution in [1.82, 2.24) is 0 Å². The molecule has 0 bridgehead atoms. The van der Waals surface area contributed by atoms with Crippen LogP contribution in [-0.2, 0) is 0 Å². The first-order valence-electron chi connectivity index (χ1n) is 4.05. The van der Waals surface area contributed by atoms with Crippen LogP contribution in [0, 0.1) is 0 Å². The molecule has 1 rings (SSSR count). The maximum absolute atomic E-state index is 5.83. The average Bonchev–Trinajstić information content (AvgIpc) is 2.08. The molecule has 0 amide bonds. The van der Waals surface area contributed by atoms with Gasteiger partial charge in [-0.05, 0) is 30.2 Å². The second-order valence-corrected chi connectivity index (χ2v) is 2.90. The standard InChI is InChI=1S/C9H15N3/c1-2-8(11)7-5-6(10)3-4-9(7)12/h3-5,8H,2,10-12H2,1H3/t8-/m1/s1. The van der Waals surface area contributed by atoms with E-state index in [-0.39, 0.29) is 6.04 Å². The molecule has 0 saturated carbocycles. The predicted octanol–water partition coefficient (Wildman–Crippen LogP) is 1.26. The molecule has 0 aliphatic heterocycles. The largest absolute Gasteiger partial charge is 0.399 e. The Balaban J connectivity index is 3.04. The minimum absolute atomic E-state index is 0.00602. The number of anilines is 2. The highest BCUT2D eigenvalue weighted by molar-refractivity contribution is 5.56. The van der Waals surface area contributed by atoms with Crippen molar-refractivity contribution >= 4 is 11.4 Å². The number of hydrogen-bond donors (Lipinski definition) is 3. The Hall–Kier alpha value is -1.22. The summed E-state index contributed by atoms with van der Waals surface area (Å²) in [4.78, 5) is 0. The Morgan fingerprint density at radius 3 is 2.58 bits per heavy atom. The van der Waals surface area contributed by atoms with Crippen molar-refractivity contribution in [1.29, 1.82) is 0 Å². The Bertz CT molecular complexity index is 270. The van der Waals surface area contributed by atoms with Gasteiger partial charge < -0.3 is 17.2 Å². The van der Waals surface area contributed by atoms with Gasteiger partial charge in [-0.3, -0.25) is 0 Å². The Labute approximate surface area is 72.5 Å². The van der Waals surface area contributed by atoms with E-state index >= 15 is 0 Å². The van der Waals surface area contributed by atoms with Crippen molar-refractivity contribution in [2.45, 2.75) is 19.4 Å². The lowest BCUT2D eigenvalue weighted by Gasteiger charge is -2.12. The summed E-state index contributed by atoms with van der Waals surface area (Å²) in [6.45, 7) is 2.02. The van der Waals surface area contributed by atoms with Gasteiger partial charge in [0.15, 0.2) is 0 Å². The molecule has 3 heteroatoms. The Kier molecular flexibility index (Phi) is 2.55. The van der Waals surface area contributed by atoms with E-state index in [4.69, 9.17) is 17.2 Å². The number of benzene rings is 1.